The van der Waals surface area contributed by atoms with Crippen molar-refractivity contribution in [3.05, 3.63) is 30.1 Å². The molecule has 84 valence electrons. The molecule has 0 spiro atoms. The SMILES string of the molecule is CCN(c1ccc(F)cc1)c1n[nH]c(N)n1. The molecule has 0 fully saturated rings. The van der Waals surface area contributed by atoms with Crippen molar-refractivity contribution in [1.82, 2.24) is 15.2 Å². The van der Waals surface area contributed by atoms with E-state index in [1.165, 1.54) is 12.1 Å². The summed E-state index contributed by atoms with van der Waals surface area (Å²) in [4.78, 5) is 5.85. The van der Waals surface area contributed by atoms with E-state index < -0.39 is 0 Å². The molecule has 6 heteroatoms. The molecule has 0 bridgehead atoms. The van der Waals surface area contributed by atoms with Gasteiger partial charge in [0, 0.05) is 12.2 Å². The van der Waals surface area contributed by atoms with Crippen LogP contribution in [0.4, 0.5) is 22.0 Å². The Kier molecular flexibility index (Phi) is 2.72. The zero-order chi connectivity index (χ0) is 11.5. The van der Waals surface area contributed by atoms with Crippen LogP contribution in [0.25, 0.3) is 0 Å². The van der Waals surface area contributed by atoms with Crippen molar-refractivity contribution in [2.75, 3.05) is 17.2 Å². The number of H-pyrrole nitrogens is 1. The summed E-state index contributed by atoms with van der Waals surface area (Å²) < 4.78 is 12.8. The van der Waals surface area contributed by atoms with Gasteiger partial charge in [-0.15, -0.1) is 5.10 Å². The highest BCUT2D eigenvalue weighted by molar-refractivity contribution is 5.57. The first-order chi connectivity index (χ1) is 7.70. The van der Waals surface area contributed by atoms with Crippen LogP contribution in [0, 0.1) is 5.82 Å². The zero-order valence-electron chi connectivity index (χ0n) is 8.81. The largest absolute Gasteiger partial charge is 0.368 e. The molecular weight excluding hydrogens is 209 g/mol. The minimum atomic E-state index is -0.269. The molecule has 0 amide bonds. The van der Waals surface area contributed by atoms with Gasteiger partial charge in [-0.25, -0.2) is 9.49 Å². The van der Waals surface area contributed by atoms with E-state index in [-0.39, 0.29) is 11.8 Å². The molecule has 1 aromatic heterocycles. The van der Waals surface area contributed by atoms with Crippen LogP contribution >= 0.6 is 0 Å². The summed E-state index contributed by atoms with van der Waals surface area (Å²) in [5, 5.41) is 6.52. The maximum atomic E-state index is 12.8. The van der Waals surface area contributed by atoms with Crippen LogP contribution in [0.1, 0.15) is 6.92 Å². The van der Waals surface area contributed by atoms with E-state index in [1.807, 2.05) is 11.8 Å². The predicted molar refractivity (Wildman–Crippen MR) is 59.9 cm³/mol. The fraction of sp³-hybridized carbons (Fsp3) is 0.200. The summed E-state index contributed by atoms with van der Waals surface area (Å²) in [6.45, 7) is 2.62. The highest BCUT2D eigenvalue weighted by atomic mass is 19.1. The number of anilines is 3. The van der Waals surface area contributed by atoms with Crippen LogP contribution in [0.2, 0.25) is 0 Å². The third-order valence-corrected chi connectivity index (χ3v) is 2.19. The summed E-state index contributed by atoms with van der Waals surface area (Å²) >= 11 is 0. The summed E-state index contributed by atoms with van der Waals surface area (Å²) in [6.07, 6.45) is 0. The van der Waals surface area contributed by atoms with Crippen molar-refractivity contribution >= 4 is 17.6 Å². The Hall–Kier alpha value is -2.11. The van der Waals surface area contributed by atoms with Crippen molar-refractivity contribution in [3.8, 4) is 0 Å². The molecule has 16 heavy (non-hydrogen) atoms. The number of hydrogen-bond donors (Lipinski definition) is 2. The van der Waals surface area contributed by atoms with E-state index in [2.05, 4.69) is 15.2 Å². The lowest BCUT2D eigenvalue weighted by Crippen LogP contribution is -2.17. The van der Waals surface area contributed by atoms with E-state index >= 15 is 0 Å². The van der Waals surface area contributed by atoms with Gasteiger partial charge in [0.25, 0.3) is 5.95 Å². The molecule has 0 aliphatic rings. The zero-order valence-corrected chi connectivity index (χ0v) is 8.81. The van der Waals surface area contributed by atoms with Gasteiger partial charge in [0.15, 0.2) is 0 Å². The van der Waals surface area contributed by atoms with Gasteiger partial charge in [0.05, 0.1) is 0 Å². The highest BCUT2D eigenvalue weighted by Crippen LogP contribution is 2.21. The summed E-state index contributed by atoms with van der Waals surface area (Å²) in [5.41, 5.74) is 6.28. The van der Waals surface area contributed by atoms with Gasteiger partial charge < -0.3 is 10.6 Å². The first kappa shape index (κ1) is 10.4. The molecule has 1 aromatic carbocycles. The monoisotopic (exact) mass is 221 g/mol. The van der Waals surface area contributed by atoms with E-state index in [1.54, 1.807) is 12.1 Å². The Bertz CT molecular complexity index is 464. The minimum absolute atomic E-state index is 0.260. The lowest BCUT2D eigenvalue weighted by Gasteiger charge is -2.18. The first-order valence-electron chi connectivity index (χ1n) is 4.91. The third kappa shape index (κ3) is 1.95. The van der Waals surface area contributed by atoms with Gasteiger partial charge in [-0.05, 0) is 31.2 Å². The fourth-order valence-corrected chi connectivity index (χ4v) is 1.45. The van der Waals surface area contributed by atoms with Crippen LogP contribution in [0.15, 0.2) is 24.3 Å². The number of nitrogens with one attached hydrogen (secondary N) is 1. The molecular formula is C10H12FN5. The average molecular weight is 221 g/mol. The van der Waals surface area contributed by atoms with E-state index in [0.29, 0.717) is 12.5 Å². The second-order valence-electron chi connectivity index (χ2n) is 3.24. The maximum Gasteiger partial charge on any atom is 0.250 e. The Morgan fingerprint density at radius 2 is 2.06 bits per heavy atom. The molecule has 0 saturated heterocycles. The molecule has 1 heterocycles. The summed E-state index contributed by atoms with van der Waals surface area (Å²) in [6, 6.07) is 6.14. The Balaban J connectivity index is 2.32. The van der Waals surface area contributed by atoms with Crippen LogP contribution in [-0.2, 0) is 0 Å². The second-order valence-corrected chi connectivity index (χ2v) is 3.24. The predicted octanol–water partition coefficient (Wildman–Crippen LogP) is 1.68. The number of benzene rings is 1. The fourth-order valence-electron chi connectivity index (χ4n) is 1.45. The molecule has 0 atom stereocenters. The number of nitrogens with zero attached hydrogens (tertiary/aromatic N) is 3. The first-order valence-corrected chi connectivity index (χ1v) is 4.91. The van der Waals surface area contributed by atoms with Crippen LogP contribution in [-0.4, -0.2) is 21.7 Å². The van der Waals surface area contributed by atoms with Crippen molar-refractivity contribution in [3.63, 3.8) is 0 Å². The van der Waals surface area contributed by atoms with Crippen LogP contribution in [0.5, 0.6) is 0 Å². The minimum Gasteiger partial charge on any atom is -0.368 e. The van der Waals surface area contributed by atoms with Crippen LogP contribution in [0.3, 0.4) is 0 Å². The number of nitrogens with two attached hydrogens (primary N) is 1. The molecule has 0 unspecified atom stereocenters. The number of aromatic amines is 1. The van der Waals surface area contributed by atoms with Gasteiger partial charge in [0.1, 0.15) is 5.82 Å². The Morgan fingerprint density at radius 1 is 1.38 bits per heavy atom. The number of aromatic nitrogens is 3. The molecule has 3 N–H and O–H groups in total. The second kappa shape index (κ2) is 4.18. The van der Waals surface area contributed by atoms with Crippen LogP contribution < -0.4 is 10.6 Å². The normalized spacial score (nSPS) is 10.4. The average Bonchev–Trinajstić information content (AvgIpc) is 2.69. The van der Waals surface area contributed by atoms with Crippen molar-refractivity contribution in [1.29, 1.82) is 0 Å². The number of rotatable bonds is 3. The molecule has 0 radical (unpaired) electrons. The summed E-state index contributed by atoms with van der Waals surface area (Å²) in [7, 11) is 0. The molecule has 2 aromatic rings. The number of nitrogen functional groups attached to an aromatic ring is 1. The van der Waals surface area contributed by atoms with Gasteiger partial charge in [-0.1, -0.05) is 0 Å². The van der Waals surface area contributed by atoms with Crippen molar-refractivity contribution in [2.45, 2.75) is 6.92 Å². The smallest absolute Gasteiger partial charge is 0.250 e. The highest BCUT2D eigenvalue weighted by Gasteiger charge is 2.11. The van der Waals surface area contributed by atoms with E-state index in [9.17, 15) is 4.39 Å². The van der Waals surface area contributed by atoms with Crippen molar-refractivity contribution < 1.29 is 4.39 Å². The van der Waals surface area contributed by atoms with E-state index in [4.69, 9.17) is 5.73 Å². The van der Waals surface area contributed by atoms with Gasteiger partial charge in [0.2, 0.25) is 5.95 Å². The lowest BCUT2D eigenvalue weighted by atomic mass is 10.3. The standard InChI is InChI=1S/C10H12FN5/c1-2-16(10-13-9(12)14-15-10)8-5-3-7(11)4-6-8/h3-6H,2H2,1H3,(H3,12,13,14,15). The van der Waals surface area contributed by atoms with Crippen molar-refractivity contribution in [2.24, 2.45) is 0 Å². The van der Waals surface area contributed by atoms with E-state index in [0.717, 1.165) is 5.69 Å². The quantitative estimate of drug-likeness (QED) is 0.827. The molecule has 5 nitrogen and oxygen atoms in total. The lowest BCUT2D eigenvalue weighted by molar-refractivity contribution is 0.627. The van der Waals surface area contributed by atoms with Gasteiger partial charge in [-0.3, -0.25) is 0 Å². The third-order valence-electron chi connectivity index (χ3n) is 2.19. The molecule has 0 aliphatic carbocycles. The van der Waals surface area contributed by atoms with Gasteiger partial charge >= 0.3 is 0 Å². The molecule has 2 rings (SSSR count). The Labute approximate surface area is 92.1 Å². The number of halogens is 1. The Morgan fingerprint density at radius 3 is 2.56 bits per heavy atom. The maximum absolute atomic E-state index is 12.8. The topological polar surface area (TPSA) is 70.8 Å². The number of hydrogen-bond acceptors (Lipinski definition) is 4. The van der Waals surface area contributed by atoms with Gasteiger partial charge in [-0.2, -0.15) is 4.98 Å². The summed E-state index contributed by atoms with van der Waals surface area (Å²) in [5.74, 6) is 0.469. The molecule has 0 saturated carbocycles. The molecule has 0 aliphatic heterocycles.